The van der Waals surface area contributed by atoms with Crippen molar-refractivity contribution < 1.29 is 9.47 Å². The zero-order chi connectivity index (χ0) is 19.4. The van der Waals surface area contributed by atoms with Crippen molar-refractivity contribution in [3.05, 3.63) is 47.0 Å². The summed E-state index contributed by atoms with van der Waals surface area (Å²) < 4.78 is 11.4. The number of rotatable bonds is 8. The lowest BCUT2D eigenvalue weighted by Gasteiger charge is -2.22. The smallest absolute Gasteiger partial charge is 0.191 e. The molecule has 3 rings (SSSR count). The Morgan fingerprint density at radius 2 is 2.00 bits per heavy atom. The Hall–Kier alpha value is -1.12. The topological polar surface area (TPSA) is 54.9 Å². The van der Waals surface area contributed by atoms with Gasteiger partial charge in [0.15, 0.2) is 5.96 Å². The van der Waals surface area contributed by atoms with Gasteiger partial charge in [0.25, 0.3) is 0 Å². The van der Waals surface area contributed by atoms with Crippen LogP contribution in [-0.4, -0.2) is 38.9 Å². The van der Waals surface area contributed by atoms with Gasteiger partial charge in [-0.05, 0) is 56.1 Å². The highest BCUT2D eigenvalue weighted by molar-refractivity contribution is 14.0. The second kappa shape index (κ2) is 14.0. The lowest BCUT2D eigenvalue weighted by Crippen LogP contribution is -2.37. The van der Waals surface area contributed by atoms with E-state index < -0.39 is 0 Å². The minimum absolute atomic E-state index is 0. The average Bonchev–Trinajstić information content (AvgIpc) is 2.76. The number of nitrogens with one attached hydrogen (secondary N) is 2. The summed E-state index contributed by atoms with van der Waals surface area (Å²) in [6.07, 6.45) is 11.0. The number of halogens is 1. The fraction of sp³-hybridized carbons (Fsp3) is 0.609. The van der Waals surface area contributed by atoms with E-state index in [-0.39, 0.29) is 24.0 Å². The molecule has 1 saturated heterocycles. The fourth-order valence-corrected chi connectivity index (χ4v) is 3.77. The monoisotopic (exact) mass is 513 g/mol. The maximum Gasteiger partial charge on any atom is 0.191 e. The number of ether oxygens (including phenoxy) is 2. The molecule has 29 heavy (non-hydrogen) atoms. The summed E-state index contributed by atoms with van der Waals surface area (Å²) in [5.74, 6) is 0.861. The van der Waals surface area contributed by atoms with Crippen molar-refractivity contribution in [2.45, 2.75) is 64.2 Å². The van der Waals surface area contributed by atoms with E-state index in [0.29, 0.717) is 12.7 Å². The zero-order valence-corrected chi connectivity index (χ0v) is 20.0. The van der Waals surface area contributed by atoms with Crippen LogP contribution in [0, 0.1) is 0 Å². The minimum Gasteiger partial charge on any atom is -0.381 e. The van der Waals surface area contributed by atoms with Crippen molar-refractivity contribution in [3.63, 3.8) is 0 Å². The van der Waals surface area contributed by atoms with Crippen LogP contribution < -0.4 is 10.6 Å². The number of hydrogen-bond acceptors (Lipinski definition) is 3. The molecule has 0 radical (unpaired) electrons. The second-order valence-corrected chi connectivity index (χ2v) is 7.65. The molecule has 1 fully saturated rings. The molecule has 2 N–H and O–H groups in total. The van der Waals surface area contributed by atoms with E-state index in [1.54, 1.807) is 5.57 Å². The number of benzene rings is 1. The highest BCUT2D eigenvalue weighted by Gasteiger charge is 2.14. The van der Waals surface area contributed by atoms with Gasteiger partial charge in [-0.3, -0.25) is 4.99 Å². The predicted octanol–water partition coefficient (Wildman–Crippen LogP) is 4.56. The van der Waals surface area contributed by atoms with Crippen LogP contribution in [0.25, 0.3) is 0 Å². The van der Waals surface area contributed by atoms with Gasteiger partial charge in [0, 0.05) is 33.4 Å². The standard InChI is InChI=1S/C23H35N3O2.HI/c1-24-23(25-13-10-19-6-3-2-4-7-19)26-17-20-8-5-9-21(16-20)18-28-22-11-14-27-15-12-22;/h5-6,8-9,16,22H,2-4,7,10-15,17-18H2,1H3,(H2,24,25,26);1H. The summed E-state index contributed by atoms with van der Waals surface area (Å²) in [7, 11) is 1.83. The molecular formula is C23H36IN3O2. The molecule has 1 aromatic carbocycles. The molecule has 0 atom stereocenters. The Morgan fingerprint density at radius 1 is 1.17 bits per heavy atom. The van der Waals surface area contributed by atoms with Crippen LogP contribution >= 0.6 is 24.0 Å². The molecule has 0 bridgehead atoms. The molecule has 5 nitrogen and oxygen atoms in total. The normalized spacial score (nSPS) is 18.0. The third kappa shape index (κ3) is 9.05. The number of aliphatic imine (C=N–C) groups is 1. The molecule has 0 amide bonds. The van der Waals surface area contributed by atoms with Gasteiger partial charge in [0.05, 0.1) is 12.7 Å². The van der Waals surface area contributed by atoms with E-state index >= 15 is 0 Å². The van der Waals surface area contributed by atoms with Gasteiger partial charge in [-0.15, -0.1) is 24.0 Å². The number of allylic oxidation sites excluding steroid dienone is 1. The average molecular weight is 513 g/mol. The predicted molar refractivity (Wildman–Crippen MR) is 130 cm³/mol. The van der Waals surface area contributed by atoms with Gasteiger partial charge in [-0.1, -0.05) is 35.9 Å². The van der Waals surface area contributed by atoms with Crippen LogP contribution in [0.5, 0.6) is 0 Å². The Morgan fingerprint density at radius 3 is 2.76 bits per heavy atom. The quantitative estimate of drug-likeness (QED) is 0.232. The largest absolute Gasteiger partial charge is 0.381 e. The van der Waals surface area contributed by atoms with Crippen LogP contribution in [-0.2, 0) is 22.6 Å². The Bertz CT molecular complexity index is 657. The molecule has 162 valence electrons. The van der Waals surface area contributed by atoms with Crippen molar-refractivity contribution in [1.82, 2.24) is 10.6 Å². The lowest BCUT2D eigenvalue weighted by molar-refractivity contribution is -0.0390. The van der Waals surface area contributed by atoms with E-state index in [2.05, 4.69) is 46.0 Å². The zero-order valence-electron chi connectivity index (χ0n) is 17.6. The van der Waals surface area contributed by atoms with Gasteiger partial charge in [0.1, 0.15) is 0 Å². The van der Waals surface area contributed by atoms with Crippen LogP contribution in [0.3, 0.4) is 0 Å². The van der Waals surface area contributed by atoms with Crippen molar-refractivity contribution in [2.75, 3.05) is 26.8 Å². The number of nitrogens with zero attached hydrogens (tertiary/aromatic N) is 1. The van der Waals surface area contributed by atoms with E-state index in [9.17, 15) is 0 Å². The summed E-state index contributed by atoms with van der Waals surface area (Å²) in [6, 6.07) is 8.59. The third-order valence-electron chi connectivity index (χ3n) is 5.45. The minimum atomic E-state index is 0. The molecule has 1 aliphatic heterocycles. The van der Waals surface area contributed by atoms with Gasteiger partial charge < -0.3 is 20.1 Å². The van der Waals surface area contributed by atoms with E-state index in [1.165, 1.54) is 36.8 Å². The summed E-state index contributed by atoms with van der Waals surface area (Å²) in [6.45, 7) is 3.99. The van der Waals surface area contributed by atoms with Gasteiger partial charge in [-0.2, -0.15) is 0 Å². The summed E-state index contributed by atoms with van der Waals surface area (Å²) in [5.41, 5.74) is 4.05. The van der Waals surface area contributed by atoms with E-state index in [1.807, 2.05) is 7.05 Å². The first kappa shape index (κ1) is 24.2. The summed E-state index contributed by atoms with van der Waals surface area (Å²) in [4.78, 5) is 4.34. The molecular weight excluding hydrogens is 477 g/mol. The van der Waals surface area contributed by atoms with Gasteiger partial charge in [0.2, 0.25) is 0 Å². The van der Waals surface area contributed by atoms with Crippen molar-refractivity contribution in [1.29, 1.82) is 0 Å². The maximum absolute atomic E-state index is 6.04. The Kier molecular flexibility index (Phi) is 11.6. The van der Waals surface area contributed by atoms with Gasteiger partial charge >= 0.3 is 0 Å². The maximum atomic E-state index is 6.04. The Labute approximate surface area is 192 Å². The lowest BCUT2D eigenvalue weighted by atomic mass is 9.97. The van der Waals surface area contributed by atoms with Crippen LogP contribution in [0.4, 0.5) is 0 Å². The molecule has 1 aromatic rings. The first-order valence-electron chi connectivity index (χ1n) is 10.7. The van der Waals surface area contributed by atoms with Crippen LogP contribution in [0.2, 0.25) is 0 Å². The number of guanidine groups is 1. The number of hydrogen-bond donors (Lipinski definition) is 2. The molecule has 1 aliphatic carbocycles. The summed E-state index contributed by atoms with van der Waals surface area (Å²) >= 11 is 0. The molecule has 1 heterocycles. The molecule has 0 unspecified atom stereocenters. The molecule has 0 saturated carbocycles. The first-order chi connectivity index (χ1) is 13.8. The molecule has 2 aliphatic rings. The molecule has 6 heteroatoms. The molecule has 0 spiro atoms. The van der Waals surface area contributed by atoms with Crippen molar-refractivity contribution in [2.24, 2.45) is 4.99 Å². The van der Waals surface area contributed by atoms with E-state index in [0.717, 1.165) is 51.5 Å². The summed E-state index contributed by atoms with van der Waals surface area (Å²) in [5, 5.41) is 6.85. The van der Waals surface area contributed by atoms with Crippen LogP contribution in [0.15, 0.2) is 40.9 Å². The first-order valence-corrected chi connectivity index (χ1v) is 10.7. The third-order valence-corrected chi connectivity index (χ3v) is 5.45. The highest BCUT2D eigenvalue weighted by Crippen LogP contribution is 2.19. The SMILES string of the molecule is CN=C(NCCC1=CCCCC1)NCc1cccc(COC2CCOCC2)c1.I. The second-order valence-electron chi connectivity index (χ2n) is 7.65. The molecule has 0 aromatic heterocycles. The van der Waals surface area contributed by atoms with Gasteiger partial charge in [-0.25, -0.2) is 0 Å². The van der Waals surface area contributed by atoms with E-state index in [4.69, 9.17) is 9.47 Å². The fourth-order valence-electron chi connectivity index (χ4n) is 3.77. The van der Waals surface area contributed by atoms with Crippen LogP contribution in [0.1, 0.15) is 56.1 Å². The Balaban J connectivity index is 0.00000300. The highest BCUT2D eigenvalue weighted by atomic mass is 127. The van der Waals surface area contributed by atoms with Crippen molar-refractivity contribution >= 4 is 29.9 Å². The van der Waals surface area contributed by atoms with Crippen molar-refractivity contribution in [3.8, 4) is 0 Å².